The molecule has 2 heterocycles. The quantitative estimate of drug-likeness (QED) is 0.483. The number of nitrogens with zero attached hydrogens (tertiary/aromatic N) is 3. The molecule has 0 atom stereocenters. The fraction of sp³-hybridized carbons (Fsp3) is 0.125. The van der Waals surface area contributed by atoms with E-state index in [0.717, 1.165) is 28.1 Å². The lowest BCUT2D eigenvalue weighted by molar-refractivity contribution is -0.111. The molecule has 2 aromatic heterocycles. The predicted octanol–water partition coefficient (Wildman–Crippen LogP) is 4.58. The van der Waals surface area contributed by atoms with E-state index in [0.29, 0.717) is 18.1 Å². The summed E-state index contributed by atoms with van der Waals surface area (Å²) in [6.07, 6.45) is 5.03. The number of hydrogen-bond acceptors (Lipinski definition) is 4. The van der Waals surface area contributed by atoms with Crippen molar-refractivity contribution in [3.05, 3.63) is 95.5 Å². The Morgan fingerprint density at radius 1 is 1.10 bits per heavy atom. The van der Waals surface area contributed by atoms with Gasteiger partial charge in [0.15, 0.2) is 5.65 Å². The molecule has 0 aliphatic rings. The summed E-state index contributed by atoms with van der Waals surface area (Å²) >= 11 is 0. The van der Waals surface area contributed by atoms with Crippen molar-refractivity contribution in [2.45, 2.75) is 20.5 Å². The van der Waals surface area contributed by atoms with E-state index >= 15 is 0 Å². The van der Waals surface area contributed by atoms with Crippen molar-refractivity contribution in [1.29, 1.82) is 0 Å². The fourth-order valence-electron chi connectivity index (χ4n) is 3.10. The van der Waals surface area contributed by atoms with E-state index in [1.54, 1.807) is 16.8 Å². The van der Waals surface area contributed by atoms with E-state index < -0.39 is 0 Å². The van der Waals surface area contributed by atoms with Crippen molar-refractivity contribution in [3.8, 4) is 5.75 Å². The molecule has 0 aliphatic heterocycles. The molecule has 6 heteroatoms. The number of pyridine rings is 1. The van der Waals surface area contributed by atoms with Crippen LogP contribution >= 0.6 is 0 Å². The van der Waals surface area contributed by atoms with Crippen molar-refractivity contribution in [2.24, 2.45) is 0 Å². The molecule has 1 N–H and O–H groups in total. The van der Waals surface area contributed by atoms with Gasteiger partial charge in [0, 0.05) is 6.08 Å². The van der Waals surface area contributed by atoms with Crippen LogP contribution in [-0.2, 0) is 11.4 Å². The molecule has 4 aromatic rings. The van der Waals surface area contributed by atoms with Crippen LogP contribution in [-0.4, -0.2) is 20.5 Å². The number of benzene rings is 2. The molecule has 0 bridgehead atoms. The number of carbonyl (C=O) groups is 1. The molecule has 4 rings (SSSR count). The smallest absolute Gasteiger partial charge is 0.248 e. The van der Waals surface area contributed by atoms with E-state index in [9.17, 15) is 4.79 Å². The normalized spacial score (nSPS) is 11.1. The third-order valence-electron chi connectivity index (χ3n) is 4.55. The summed E-state index contributed by atoms with van der Waals surface area (Å²) in [5.41, 5.74) is 4.44. The van der Waals surface area contributed by atoms with Crippen LogP contribution in [0, 0.1) is 13.8 Å². The number of nitrogens with one attached hydrogen (secondary N) is 1. The van der Waals surface area contributed by atoms with Gasteiger partial charge < -0.3 is 10.1 Å². The summed E-state index contributed by atoms with van der Waals surface area (Å²) in [6, 6.07) is 19.5. The molecule has 6 nitrogen and oxygen atoms in total. The third kappa shape index (κ3) is 4.72. The number of amides is 1. The molecule has 0 saturated heterocycles. The van der Waals surface area contributed by atoms with Crippen LogP contribution in [0.3, 0.4) is 0 Å². The Bertz CT molecular complexity index is 1200. The van der Waals surface area contributed by atoms with Crippen molar-refractivity contribution in [3.63, 3.8) is 0 Å². The molecule has 150 valence electrons. The summed E-state index contributed by atoms with van der Waals surface area (Å²) in [5, 5.41) is 7.17. The number of carbonyl (C=O) groups excluding carboxylic acids is 1. The number of rotatable bonds is 6. The van der Waals surface area contributed by atoms with Crippen molar-refractivity contribution < 1.29 is 9.53 Å². The highest BCUT2D eigenvalue weighted by Gasteiger charge is 2.06. The Hall–Kier alpha value is -3.93. The molecular formula is C24H22N4O2. The van der Waals surface area contributed by atoms with Gasteiger partial charge in [0.1, 0.15) is 18.2 Å². The van der Waals surface area contributed by atoms with Crippen LogP contribution < -0.4 is 10.1 Å². The number of aromatic nitrogens is 3. The molecule has 2 aromatic carbocycles. The number of hydrogen-bond donors (Lipinski definition) is 1. The predicted molar refractivity (Wildman–Crippen MR) is 117 cm³/mol. The zero-order valence-corrected chi connectivity index (χ0v) is 16.9. The first kappa shape index (κ1) is 19.4. The van der Waals surface area contributed by atoms with E-state index in [1.165, 1.54) is 6.08 Å². The number of ether oxygens (including phenoxy) is 1. The standard InChI is InChI=1S/C24H22N4O2/c1-17-14-21(15-28-24(17)25-18(2)27-28)26-23(29)13-10-19-8-11-22(12-9-19)30-16-20-6-4-3-5-7-20/h3-15H,16H2,1-2H3,(H,26,29)/b13-10+. The van der Waals surface area contributed by atoms with Crippen molar-refractivity contribution in [2.75, 3.05) is 5.32 Å². The molecule has 0 spiro atoms. The molecular weight excluding hydrogens is 376 g/mol. The molecule has 0 radical (unpaired) electrons. The lowest BCUT2D eigenvalue weighted by Crippen LogP contribution is -2.09. The lowest BCUT2D eigenvalue weighted by Gasteiger charge is -2.06. The molecule has 0 aliphatic carbocycles. The fourth-order valence-corrected chi connectivity index (χ4v) is 3.10. The zero-order chi connectivity index (χ0) is 20.9. The maximum Gasteiger partial charge on any atom is 0.248 e. The first-order valence-electron chi connectivity index (χ1n) is 9.66. The first-order valence-corrected chi connectivity index (χ1v) is 9.66. The number of aryl methyl sites for hydroxylation is 2. The average molecular weight is 398 g/mol. The first-order chi connectivity index (χ1) is 14.6. The van der Waals surface area contributed by atoms with E-state index in [2.05, 4.69) is 15.4 Å². The largest absolute Gasteiger partial charge is 0.489 e. The maximum absolute atomic E-state index is 12.3. The van der Waals surface area contributed by atoms with Gasteiger partial charge in [-0.3, -0.25) is 4.79 Å². The third-order valence-corrected chi connectivity index (χ3v) is 4.55. The second-order valence-corrected chi connectivity index (χ2v) is 7.00. The lowest BCUT2D eigenvalue weighted by atomic mass is 10.2. The number of anilines is 1. The second-order valence-electron chi connectivity index (χ2n) is 7.00. The van der Waals surface area contributed by atoms with Crippen LogP contribution in [0.25, 0.3) is 11.7 Å². The Morgan fingerprint density at radius 3 is 2.63 bits per heavy atom. The van der Waals surface area contributed by atoms with Crippen LogP contribution in [0.5, 0.6) is 5.75 Å². The Kier molecular flexibility index (Phi) is 5.57. The van der Waals surface area contributed by atoms with Crippen LogP contribution in [0.2, 0.25) is 0 Å². The van der Waals surface area contributed by atoms with Gasteiger partial charge in [0.25, 0.3) is 0 Å². The van der Waals surface area contributed by atoms with Gasteiger partial charge in [-0.15, -0.1) is 0 Å². The van der Waals surface area contributed by atoms with E-state index in [-0.39, 0.29) is 5.91 Å². The molecule has 0 fully saturated rings. The molecule has 1 amide bonds. The summed E-state index contributed by atoms with van der Waals surface area (Å²) < 4.78 is 7.46. The van der Waals surface area contributed by atoms with Crippen LogP contribution in [0.15, 0.2) is 72.9 Å². The summed E-state index contributed by atoms with van der Waals surface area (Å²) in [7, 11) is 0. The molecule has 0 unspecified atom stereocenters. The Labute approximate surface area is 174 Å². The Balaban J connectivity index is 1.35. The summed E-state index contributed by atoms with van der Waals surface area (Å²) in [4.78, 5) is 16.7. The van der Waals surface area contributed by atoms with Gasteiger partial charge >= 0.3 is 0 Å². The average Bonchev–Trinajstić information content (AvgIpc) is 3.13. The minimum absolute atomic E-state index is 0.213. The van der Waals surface area contributed by atoms with Gasteiger partial charge in [-0.25, -0.2) is 9.50 Å². The highest BCUT2D eigenvalue weighted by molar-refractivity contribution is 6.02. The topological polar surface area (TPSA) is 68.5 Å². The van der Waals surface area contributed by atoms with Crippen LogP contribution in [0.1, 0.15) is 22.5 Å². The molecule has 0 saturated carbocycles. The second kappa shape index (κ2) is 8.61. The van der Waals surface area contributed by atoms with E-state index in [4.69, 9.17) is 4.74 Å². The van der Waals surface area contributed by atoms with Gasteiger partial charge in [-0.05, 0) is 54.8 Å². The zero-order valence-electron chi connectivity index (χ0n) is 16.9. The minimum Gasteiger partial charge on any atom is -0.489 e. The van der Waals surface area contributed by atoms with Crippen molar-refractivity contribution >= 4 is 23.3 Å². The van der Waals surface area contributed by atoms with E-state index in [1.807, 2.05) is 74.5 Å². The van der Waals surface area contributed by atoms with Gasteiger partial charge in [0.05, 0.1) is 11.9 Å². The summed E-state index contributed by atoms with van der Waals surface area (Å²) in [6.45, 7) is 4.30. The minimum atomic E-state index is -0.213. The SMILES string of the molecule is Cc1nc2c(C)cc(NC(=O)/C=C/c3ccc(OCc4ccccc4)cc3)cn2n1. The van der Waals surface area contributed by atoms with Gasteiger partial charge in [-0.1, -0.05) is 42.5 Å². The van der Waals surface area contributed by atoms with Crippen LogP contribution in [0.4, 0.5) is 5.69 Å². The highest BCUT2D eigenvalue weighted by atomic mass is 16.5. The monoisotopic (exact) mass is 398 g/mol. The Morgan fingerprint density at radius 2 is 1.87 bits per heavy atom. The van der Waals surface area contributed by atoms with Gasteiger partial charge in [-0.2, -0.15) is 5.10 Å². The summed E-state index contributed by atoms with van der Waals surface area (Å²) in [5.74, 6) is 1.26. The highest BCUT2D eigenvalue weighted by Crippen LogP contribution is 2.17. The van der Waals surface area contributed by atoms with Gasteiger partial charge in [0.2, 0.25) is 5.91 Å². The maximum atomic E-state index is 12.3. The van der Waals surface area contributed by atoms with Crippen molar-refractivity contribution in [1.82, 2.24) is 14.6 Å². The molecule has 30 heavy (non-hydrogen) atoms. The number of fused-ring (bicyclic) bond motifs is 1.